The van der Waals surface area contributed by atoms with Crippen LogP contribution in [0.5, 0.6) is 0 Å². The van der Waals surface area contributed by atoms with E-state index in [0.717, 1.165) is 62.0 Å². The highest BCUT2D eigenvalue weighted by Crippen LogP contribution is 2.17. The summed E-state index contributed by atoms with van der Waals surface area (Å²) in [5.74, 6) is -0.184. The maximum Gasteiger partial charge on any atom is 0.311 e. The highest BCUT2D eigenvalue weighted by Gasteiger charge is 2.15. The van der Waals surface area contributed by atoms with Gasteiger partial charge in [-0.2, -0.15) is 0 Å². The van der Waals surface area contributed by atoms with Gasteiger partial charge >= 0.3 is 5.97 Å². The van der Waals surface area contributed by atoms with E-state index < -0.39 is 0 Å². The van der Waals surface area contributed by atoms with E-state index in [4.69, 9.17) is 14.5 Å². The number of carbonyl (C=O) groups is 1. The minimum absolute atomic E-state index is 0.184. The Bertz CT molecular complexity index is 861. The van der Waals surface area contributed by atoms with Crippen molar-refractivity contribution < 1.29 is 19.2 Å². The van der Waals surface area contributed by atoms with Crippen LogP contribution in [0.2, 0.25) is 0 Å². The predicted molar refractivity (Wildman–Crippen MR) is 115 cm³/mol. The molecule has 1 saturated heterocycles. The third-order valence-electron chi connectivity index (χ3n) is 5.05. The maximum atomic E-state index is 12.1. The van der Waals surface area contributed by atoms with Crippen LogP contribution in [0.3, 0.4) is 0 Å². The topological polar surface area (TPSA) is 57.3 Å². The van der Waals surface area contributed by atoms with Crippen LogP contribution in [-0.4, -0.2) is 50.0 Å². The number of thiazole rings is 1. The van der Waals surface area contributed by atoms with Crippen molar-refractivity contribution in [3.05, 3.63) is 45.2 Å². The monoisotopic (exact) mass is 418 g/mol. The molecule has 2 aromatic rings. The quantitative estimate of drug-likeness (QED) is 0.666. The number of aromatic nitrogens is 1. The van der Waals surface area contributed by atoms with Gasteiger partial charge in [0.15, 0.2) is 4.80 Å². The molecule has 1 aromatic carbocycles. The molecule has 2 heterocycles. The molecule has 1 fully saturated rings. The number of nitrogens with one attached hydrogen (secondary N) is 1. The summed E-state index contributed by atoms with van der Waals surface area (Å²) in [5.41, 5.74) is 4.34. The van der Waals surface area contributed by atoms with Crippen LogP contribution in [0.1, 0.15) is 30.2 Å². The summed E-state index contributed by atoms with van der Waals surface area (Å²) in [4.78, 5) is 19.5. The van der Waals surface area contributed by atoms with E-state index in [2.05, 4.69) is 36.6 Å². The lowest BCUT2D eigenvalue weighted by atomic mass is 10.1. The van der Waals surface area contributed by atoms with E-state index in [1.54, 1.807) is 16.2 Å². The average molecular weight is 419 g/mol. The van der Waals surface area contributed by atoms with Gasteiger partial charge in [-0.25, -0.2) is 4.99 Å². The van der Waals surface area contributed by atoms with Gasteiger partial charge < -0.3 is 18.9 Å². The molecule has 3 rings (SSSR count). The van der Waals surface area contributed by atoms with E-state index in [9.17, 15) is 4.79 Å². The number of quaternary nitrogens is 1. The van der Waals surface area contributed by atoms with E-state index in [-0.39, 0.29) is 12.4 Å². The Labute approximate surface area is 176 Å². The van der Waals surface area contributed by atoms with Gasteiger partial charge in [-0.3, -0.25) is 4.79 Å². The molecule has 0 aliphatic carbocycles. The van der Waals surface area contributed by atoms with Crippen molar-refractivity contribution in [2.45, 2.75) is 40.2 Å². The van der Waals surface area contributed by atoms with E-state index >= 15 is 0 Å². The largest absolute Gasteiger partial charge is 0.466 e. The van der Waals surface area contributed by atoms with Gasteiger partial charge in [0.1, 0.15) is 13.1 Å². The van der Waals surface area contributed by atoms with Gasteiger partial charge in [0, 0.05) is 24.0 Å². The molecule has 0 unspecified atom stereocenters. The van der Waals surface area contributed by atoms with Gasteiger partial charge in [0.2, 0.25) is 0 Å². The van der Waals surface area contributed by atoms with E-state index in [1.165, 1.54) is 11.1 Å². The molecule has 6 nitrogen and oxygen atoms in total. The summed E-state index contributed by atoms with van der Waals surface area (Å²) < 4.78 is 12.8. The molecule has 29 heavy (non-hydrogen) atoms. The van der Waals surface area contributed by atoms with Crippen LogP contribution in [0.15, 0.2) is 28.6 Å². The smallest absolute Gasteiger partial charge is 0.311 e. The van der Waals surface area contributed by atoms with Gasteiger partial charge in [0.25, 0.3) is 0 Å². The van der Waals surface area contributed by atoms with Gasteiger partial charge in [0.05, 0.1) is 38.5 Å². The highest BCUT2D eigenvalue weighted by atomic mass is 32.1. The molecule has 0 spiro atoms. The number of carbonyl (C=O) groups excluding carboxylic acids is 1. The summed E-state index contributed by atoms with van der Waals surface area (Å²) in [5, 5.41) is 2.04. The number of morpholine rings is 1. The highest BCUT2D eigenvalue weighted by molar-refractivity contribution is 7.07. The normalized spacial score (nSPS) is 15.6. The molecular weight excluding hydrogens is 386 g/mol. The Balaban J connectivity index is 1.81. The van der Waals surface area contributed by atoms with Crippen molar-refractivity contribution in [1.82, 2.24) is 4.57 Å². The Morgan fingerprint density at radius 3 is 2.66 bits per heavy atom. The minimum Gasteiger partial charge on any atom is -0.466 e. The standard InChI is InChI=1S/C22H31N3O3S/c1-4-28-21(26)15-20-16-29-22(23-19-13-17(2)12-18(3)14-19)25(20)7-5-6-24-8-10-27-11-9-24/h12-14,16H,4-11,15H2,1-3H3/p+1. The molecule has 1 aliphatic rings. The van der Waals surface area contributed by atoms with Gasteiger partial charge in [-0.05, 0) is 44.0 Å². The van der Waals surface area contributed by atoms with Crippen molar-refractivity contribution in [1.29, 1.82) is 0 Å². The number of hydrogen-bond donors (Lipinski definition) is 1. The maximum absolute atomic E-state index is 12.1. The first-order chi connectivity index (χ1) is 14.0. The number of hydrogen-bond acceptors (Lipinski definition) is 5. The lowest BCUT2D eigenvalue weighted by molar-refractivity contribution is -0.908. The van der Waals surface area contributed by atoms with Crippen LogP contribution < -0.4 is 9.70 Å². The summed E-state index contributed by atoms with van der Waals surface area (Å²) in [6.07, 6.45) is 1.33. The van der Waals surface area contributed by atoms with Crippen LogP contribution in [-0.2, 0) is 27.2 Å². The van der Waals surface area contributed by atoms with Gasteiger partial charge in [-0.15, -0.1) is 11.3 Å². The Morgan fingerprint density at radius 1 is 1.24 bits per heavy atom. The fourth-order valence-corrected chi connectivity index (χ4v) is 4.66. The second-order valence-corrected chi connectivity index (χ2v) is 8.40. The van der Waals surface area contributed by atoms with Crippen molar-refractivity contribution in [2.75, 3.05) is 39.5 Å². The molecule has 0 saturated carbocycles. The van der Waals surface area contributed by atoms with Crippen LogP contribution in [0.25, 0.3) is 0 Å². The first-order valence-corrected chi connectivity index (χ1v) is 11.3. The number of nitrogens with zero attached hydrogens (tertiary/aromatic N) is 2. The fourth-order valence-electron chi connectivity index (χ4n) is 3.72. The van der Waals surface area contributed by atoms with E-state index in [1.807, 2.05) is 12.3 Å². The van der Waals surface area contributed by atoms with Gasteiger partial charge in [-0.1, -0.05) is 6.07 Å². The van der Waals surface area contributed by atoms with Crippen LogP contribution >= 0.6 is 11.3 Å². The predicted octanol–water partition coefficient (Wildman–Crippen LogP) is 1.81. The second-order valence-electron chi connectivity index (χ2n) is 7.57. The average Bonchev–Trinajstić information content (AvgIpc) is 3.03. The third-order valence-corrected chi connectivity index (χ3v) is 5.96. The molecule has 158 valence electrons. The molecule has 0 radical (unpaired) electrons. The van der Waals surface area contributed by atoms with Crippen LogP contribution in [0, 0.1) is 13.8 Å². The second kappa shape index (κ2) is 10.7. The third kappa shape index (κ3) is 6.52. The molecule has 1 N–H and O–H groups in total. The Morgan fingerprint density at radius 2 is 1.97 bits per heavy atom. The number of rotatable bonds is 8. The Kier molecular flexibility index (Phi) is 8.03. The molecular formula is C22H32N3O3S+. The molecule has 1 aromatic heterocycles. The molecule has 0 amide bonds. The SMILES string of the molecule is CCOC(=O)Cc1csc(=Nc2cc(C)cc(C)c2)n1CCC[NH+]1CCOCC1. The zero-order valence-electron chi connectivity index (χ0n) is 17.7. The van der Waals surface area contributed by atoms with E-state index in [0.29, 0.717) is 6.61 Å². The zero-order chi connectivity index (χ0) is 20.6. The number of esters is 1. The van der Waals surface area contributed by atoms with Crippen molar-refractivity contribution >= 4 is 23.0 Å². The zero-order valence-corrected chi connectivity index (χ0v) is 18.5. The minimum atomic E-state index is -0.184. The Hall–Kier alpha value is -1.96. The lowest BCUT2D eigenvalue weighted by Crippen LogP contribution is -3.14. The molecule has 1 aliphatic heterocycles. The summed E-state index contributed by atoms with van der Waals surface area (Å²) in [6, 6.07) is 6.35. The number of ether oxygens (including phenoxy) is 2. The molecule has 7 heteroatoms. The lowest BCUT2D eigenvalue weighted by Gasteiger charge is -2.23. The summed E-state index contributed by atoms with van der Waals surface area (Å²) in [7, 11) is 0. The number of benzene rings is 1. The van der Waals surface area contributed by atoms with Crippen LogP contribution in [0.4, 0.5) is 5.69 Å². The summed E-state index contributed by atoms with van der Waals surface area (Å²) in [6.45, 7) is 12.2. The van der Waals surface area contributed by atoms with Crippen molar-refractivity contribution in [3.8, 4) is 0 Å². The fraction of sp³-hybridized carbons (Fsp3) is 0.545. The number of aryl methyl sites for hydroxylation is 2. The first-order valence-electron chi connectivity index (χ1n) is 10.4. The molecule has 0 atom stereocenters. The van der Waals surface area contributed by atoms with Crippen molar-refractivity contribution in [2.24, 2.45) is 4.99 Å². The first kappa shape index (κ1) is 21.7. The molecule has 0 bridgehead atoms. The van der Waals surface area contributed by atoms with Crippen molar-refractivity contribution in [3.63, 3.8) is 0 Å². The summed E-state index contributed by atoms with van der Waals surface area (Å²) >= 11 is 1.59.